The van der Waals surface area contributed by atoms with Crippen LogP contribution in [0.2, 0.25) is 0 Å². The first-order chi connectivity index (χ1) is 9.70. The Morgan fingerprint density at radius 3 is 2.80 bits per heavy atom. The number of β-amino-alcohol motifs (C(OH)–C–C–N with tert-alkyl or cyclic N) is 1. The second-order valence-electron chi connectivity index (χ2n) is 5.14. The Labute approximate surface area is 120 Å². The highest BCUT2D eigenvalue weighted by Crippen LogP contribution is 2.29. The molecule has 0 aromatic heterocycles. The van der Waals surface area contributed by atoms with Crippen LogP contribution in [0.4, 0.5) is 0 Å². The maximum absolute atomic E-state index is 10.3. The molecule has 1 aromatic rings. The zero-order chi connectivity index (χ0) is 14.4. The lowest BCUT2D eigenvalue weighted by atomic mass is 10.1. The third-order valence-electron chi connectivity index (χ3n) is 3.47. The third-order valence-corrected chi connectivity index (χ3v) is 3.47. The summed E-state index contributed by atoms with van der Waals surface area (Å²) in [6.07, 6.45) is 0.234. The minimum absolute atomic E-state index is 0.122. The summed E-state index contributed by atoms with van der Waals surface area (Å²) < 4.78 is 5.55. The Hall–Kier alpha value is -1.30. The summed E-state index contributed by atoms with van der Waals surface area (Å²) in [5.74, 6) is 0.815. The first-order valence-electron chi connectivity index (χ1n) is 7.27. The van der Waals surface area contributed by atoms with Gasteiger partial charge < -0.3 is 20.3 Å². The molecule has 1 aliphatic rings. The van der Waals surface area contributed by atoms with Gasteiger partial charge in [-0.25, -0.2) is 0 Å². The topological polar surface area (TPSA) is 65.0 Å². The molecule has 1 saturated heterocycles. The minimum atomic E-state index is -0.696. The van der Waals surface area contributed by atoms with Crippen molar-refractivity contribution in [2.45, 2.75) is 19.4 Å². The van der Waals surface area contributed by atoms with Crippen LogP contribution < -0.4 is 10.1 Å². The number of ether oxygens (including phenoxy) is 1. The van der Waals surface area contributed by atoms with Crippen LogP contribution in [-0.4, -0.2) is 54.4 Å². The van der Waals surface area contributed by atoms with Crippen LogP contribution in [-0.2, 0) is 0 Å². The molecule has 5 nitrogen and oxygen atoms in total. The molecule has 1 heterocycles. The van der Waals surface area contributed by atoms with Gasteiger partial charge in [0, 0.05) is 38.3 Å². The molecule has 112 valence electrons. The van der Waals surface area contributed by atoms with E-state index in [0.29, 0.717) is 24.5 Å². The number of hydrogen-bond acceptors (Lipinski definition) is 5. The molecule has 1 aliphatic heterocycles. The molecule has 0 bridgehead atoms. The fraction of sp³-hybridized carbons (Fsp3) is 0.600. The van der Waals surface area contributed by atoms with Gasteiger partial charge in [0.1, 0.15) is 11.5 Å². The normalized spacial score (nSPS) is 17.9. The smallest absolute Gasteiger partial charge is 0.121 e. The number of phenols is 1. The molecule has 20 heavy (non-hydrogen) atoms. The molecule has 0 aliphatic carbocycles. The van der Waals surface area contributed by atoms with Crippen LogP contribution in [0.1, 0.15) is 25.0 Å². The van der Waals surface area contributed by atoms with Gasteiger partial charge in [0.25, 0.3) is 0 Å². The van der Waals surface area contributed by atoms with Gasteiger partial charge in [0.15, 0.2) is 0 Å². The van der Waals surface area contributed by atoms with Crippen molar-refractivity contribution >= 4 is 0 Å². The summed E-state index contributed by atoms with van der Waals surface area (Å²) in [7, 11) is 0. The molecule has 1 unspecified atom stereocenters. The summed E-state index contributed by atoms with van der Waals surface area (Å²) in [5, 5.41) is 23.5. The Bertz CT molecular complexity index is 420. The average molecular weight is 280 g/mol. The number of aliphatic hydroxyl groups excluding tert-OH is 1. The lowest BCUT2D eigenvalue weighted by molar-refractivity contribution is 0.103. The molecule has 1 fully saturated rings. The Kier molecular flexibility index (Phi) is 5.64. The quantitative estimate of drug-likeness (QED) is 0.729. The van der Waals surface area contributed by atoms with Gasteiger partial charge in [0.2, 0.25) is 0 Å². The van der Waals surface area contributed by atoms with Crippen molar-refractivity contribution in [3.63, 3.8) is 0 Å². The molecule has 5 heteroatoms. The third kappa shape index (κ3) is 4.10. The predicted molar refractivity (Wildman–Crippen MR) is 78.2 cm³/mol. The van der Waals surface area contributed by atoms with Crippen molar-refractivity contribution in [1.29, 1.82) is 0 Å². The van der Waals surface area contributed by atoms with E-state index in [1.807, 2.05) is 6.92 Å². The van der Waals surface area contributed by atoms with E-state index in [0.717, 1.165) is 32.6 Å². The SMILES string of the molecule is CCCOc1ccc(O)c(C(O)CN2CCNCC2)c1. The number of piperazine rings is 1. The van der Waals surface area contributed by atoms with E-state index in [-0.39, 0.29) is 5.75 Å². The molecular formula is C15H24N2O3. The van der Waals surface area contributed by atoms with E-state index in [2.05, 4.69) is 10.2 Å². The van der Waals surface area contributed by atoms with Gasteiger partial charge in [0.05, 0.1) is 12.7 Å². The van der Waals surface area contributed by atoms with Gasteiger partial charge in [-0.3, -0.25) is 4.90 Å². The second-order valence-corrected chi connectivity index (χ2v) is 5.14. The van der Waals surface area contributed by atoms with Crippen molar-refractivity contribution in [2.75, 3.05) is 39.3 Å². The van der Waals surface area contributed by atoms with Crippen LogP contribution in [0.3, 0.4) is 0 Å². The summed E-state index contributed by atoms with van der Waals surface area (Å²) >= 11 is 0. The average Bonchev–Trinajstić information content (AvgIpc) is 2.47. The lowest BCUT2D eigenvalue weighted by Gasteiger charge is -2.29. The van der Waals surface area contributed by atoms with Gasteiger partial charge in [-0.2, -0.15) is 0 Å². The van der Waals surface area contributed by atoms with Crippen LogP contribution in [0.5, 0.6) is 11.5 Å². The van der Waals surface area contributed by atoms with E-state index in [4.69, 9.17) is 4.74 Å². The van der Waals surface area contributed by atoms with E-state index < -0.39 is 6.10 Å². The number of nitrogens with zero attached hydrogens (tertiary/aromatic N) is 1. The standard InChI is InChI=1S/C15H24N2O3/c1-2-9-20-12-3-4-14(18)13(10-12)15(19)11-17-7-5-16-6-8-17/h3-4,10,15-16,18-19H,2,5-9,11H2,1H3. The van der Waals surface area contributed by atoms with Crippen molar-refractivity contribution in [3.8, 4) is 11.5 Å². The molecule has 0 amide bonds. The van der Waals surface area contributed by atoms with Gasteiger partial charge in [-0.15, -0.1) is 0 Å². The number of aromatic hydroxyl groups is 1. The largest absolute Gasteiger partial charge is 0.508 e. The zero-order valence-electron chi connectivity index (χ0n) is 12.0. The highest BCUT2D eigenvalue weighted by atomic mass is 16.5. The Morgan fingerprint density at radius 2 is 2.10 bits per heavy atom. The van der Waals surface area contributed by atoms with Crippen molar-refractivity contribution in [3.05, 3.63) is 23.8 Å². The van der Waals surface area contributed by atoms with Crippen molar-refractivity contribution in [1.82, 2.24) is 10.2 Å². The van der Waals surface area contributed by atoms with Crippen LogP contribution >= 0.6 is 0 Å². The Morgan fingerprint density at radius 1 is 1.35 bits per heavy atom. The van der Waals surface area contributed by atoms with E-state index >= 15 is 0 Å². The fourth-order valence-corrected chi connectivity index (χ4v) is 2.35. The first-order valence-corrected chi connectivity index (χ1v) is 7.27. The van der Waals surface area contributed by atoms with Crippen molar-refractivity contribution < 1.29 is 14.9 Å². The maximum atomic E-state index is 10.3. The number of aliphatic hydroxyl groups is 1. The number of phenolic OH excluding ortho intramolecular Hbond substituents is 1. The minimum Gasteiger partial charge on any atom is -0.508 e. The molecule has 2 rings (SSSR count). The molecule has 1 aromatic carbocycles. The number of benzene rings is 1. The number of nitrogens with one attached hydrogen (secondary N) is 1. The number of rotatable bonds is 6. The lowest BCUT2D eigenvalue weighted by Crippen LogP contribution is -2.44. The summed E-state index contributed by atoms with van der Waals surface area (Å²) in [4.78, 5) is 2.19. The highest BCUT2D eigenvalue weighted by molar-refractivity contribution is 5.40. The first kappa shape index (κ1) is 15.1. The van der Waals surface area contributed by atoms with E-state index in [1.54, 1.807) is 18.2 Å². The Balaban J connectivity index is 2.01. The van der Waals surface area contributed by atoms with E-state index in [1.165, 1.54) is 0 Å². The summed E-state index contributed by atoms with van der Waals surface area (Å²) in [6, 6.07) is 5.05. The molecule has 0 saturated carbocycles. The van der Waals surface area contributed by atoms with Gasteiger partial charge >= 0.3 is 0 Å². The summed E-state index contributed by atoms with van der Waals surface area (Å²) in [6.45, 7) is 6.94. The molecule has 1 atom stereocenters. The second kappa shape index (κ2) is 7.47. The molecular weight excluding hydrogens is 256 g/mol. The number of hydrogen-bond donors (Lipinski definition) is 3. The zero-order valence-corrected chi connectivity index (χ0v) is 12.0. The van der Waals surface area contributed by atoms with Gasteiger partial charge in [-0.1, -0.05) is 6.92 Å². The van der Waals surface area contributed by atoms with Crippen LogP contribution in [0.25, 0.3) is 0 Å². The van der Waals surface area contributed by atoms with E-state index in [9.17, 15) is 10.2 Å². The molecule has 3 N–H and O–H groups in total. The molecule has 0 radical (unpaired) electrons. The van der Waals surface area contributed by atoms with Gasteiger partial charge in [-0.05, 0) is 24.6 Å². The van der Waals surface area contributed by atoms with Crippen LogP contribution in [0.15, 0.2) is 18.2 Å². The fourth-order valence-electron chi connectivity index (χ4n) is 2.35. The summed E-state index contributed by atoms with van der Waals surface area (Å²) in [5.41, 5.74) is 0.539. The van der Waals surface area contributed by atoms with Crippen LogP contribution in [0, 0.1) is 0 Å². The monoisotopic (exact) mass is 280 g/mol. The predicted octanol–water partition coefficient (Wildman–Crippen LogP) is 1.12. The maximum Gasteiger partial charge on any atom is 0.121 e. The van der Waals surface area contributed by atoms with Crippen molar-refractivity contribution in [2.24, 2.45) is 0 Å². The highest BCUT2D eigenvalue weighted by Gasteiger charge is 2.18. The molecule has 0 spiro atoms.